The summed E-state index contributed by atoms with van der Waals surface area (Å²) < 4.78 is 10.5. The Morgan fingerprint density at radius 2 is 2.23 bits per heavy atom. The van der Waals surface area contributed by atoms with Crippen molar-refractivity contribution in [3.63, 3.8) is 0 Å². The molecule has 0 atom stereocenters. The number of para-hydroxylation sites is 1. The highest BCUT2D eigenvalue weighted by Crippen LogP contribution is 2.25. The van der Waals surface area contributed by atoms with Gasteiger partial charge in [-0.05, 0) is 24.1 Å². The van der Waals surface area contributed by atoms with E-state index in [0.29, 0.717) is 35.4 Å². The van der Waals surface area contributed by atoms with E-state index >= 15 is 0 Å². The van der Waals surface area contributed by atoms with Gasteiger partial charge in [-0.2, -0.15) is 0 Å². The molecule has 0 unspecified atom stereocenters. The number of nitrogens with two attached hydrogens (primary N) is 1. The molecule has 0 fully saturated rings. The Balaban J connectivity index is 1.71. The van der Waals surface area contributed by atoms with E-state index in [1.807, 2.05) is 0 Å². The number of carbonyl (C=O) groups excluding carboxylic acids is 1. The summed E-state index contributed by atoms with van der Waals surface area (Å²) in [4.78, 5) is 35.0. The predicted molar refractivity (Wildman–Crippen MR) is 93.9 cm³/mol. The Morgan fingerprint density at radius 1 is 1.38 bits per heavy atom. The average molecular weight is 352 g/mol. The molecule has 2 aromatic heterocycles. The molecule has 1 aliphatic heterocycles. The summed E-state index contributed by atoms with van der Waals surface area (Å²) in [6.07, 6.45) is 2.28. The number of methoxy groups -OCH3 is 1. The maximum Gasteiger partial charge on any atom is 0.349 e. The summed E-state index contributed by atoms with van der Waals surface area (Å²) in [6.45, 7) is 0.741. The third-order valence-corrected chi connectivity index (χ3v) is 4.43. The molecule has 2 N–H and O–H groups in total. The summed E-state index contributed by atoms with van der Waals surface area (Å²) in [7, 11) is 1.49. The van der Waals surface area contributed by atoms with Crippen LogP contribution in [0.2, 0.25) is 0 Å². The second kappa shape index (κ2) is 6.14. The van der Waals surface area contributed by atoms with Crippen LogP contribution in [-0.2, 0) is 13.0 Å². The lowest BCUT2D eigenvalue weighted by molar-refractivity contribution is 0.0727. The highest BCUT2D eigenvalue weighted by atomic mass is 16.5. The van der Waals surface area contributed by atoms with Crippen molar-refractivity contribution >= 4 is 22.8 Å². The van der Waals surface area contributed by atoms with Gasteiger partial charge in [-0.25, -0.2) is 14.8 Å². The zero-order valence-electron chi connectivity index (χ0n) is 14.1. The molecule has 4 rings (SSSR count). The van der Waals surface area contributed by atoms with Crippen molar-refractivity contribution < 1.29 is 13.9 Å². The monoisotopic (exact) mass is 352 g/mol. The number of ether oxygens (including phenoxy) is 1. The molecule has 3 aromatic rings. The quantitative estimate of drug-likeness (QED) is 0.693. The van der Waals surface area contributed by atoms with Crippen molar-refractivity contribution in [1.29, 1.82) is 0 Å². The molecule has 0 saturated heterocycles. The van der Waals surface area contributed by atoms with E-state index in [2.05, 4.69) is 9.97 Å². The van der Waals surface area contributed by atoms with E-state index in [1.54, 1.807) is 29.3 Å². The predicted octanol–water partition coefficient (Wildman–Crippen LogP) is 1.37. The molecule has 0 bridgehead atoms. The summed E-state index contributed by atoms with van der Waals surface area (Å²) in [5.41, 5.74) is 6.89. The average Bonchev–Trinajstić information content (AvgIpc) is 2.65. The molecule has 3 heterocycles. The second-order valence-electron chi connectivity index (χ2n) is 6.00. The number of fused-ring (bicyclic) bond motifs is 2. The second-order valence-corrected chi connectivity index (χ2v) is 6.00. The first kappa shape index (κ1) is 16.1. The Labute approximate surface area is 148 Å². The third-order valence-electron chi connectivity index (χ3n) is 4.43. The zero-order valence-corrected chi connectivity index (χ0v) is 14.1. The van der Waals surface area contributed by atoms with Gasteiger partial charge in [-0.15, -0.1) is 0 Å². The fourth-order valence-electron chi connectivity index (χ4n) is 3.09. The molecule has 8 nitrogen and oxygen atoms in total. The molecular weight excluding hydrogens is 336 g/mol. The molecule has 8 heteroatoms. The van der Waals surface area contributed by atoms with Crippen LogP contribution in [0.15, 0.2) is 39.7 Å². The Kier molecular flexibility index (Phi) is 3.80. The minimum Gasteiger partial charge on any atom is -0.493 e. The molecule has 0 saturated carbocycles. The minimum absolute atomic E-state index is 0.0174. The zero-order chi connectivity index (χ0) is 18.3. The maximum absolute atomic E-state index is 12.9. The highest BCUT2D eigenvalue weighted by Gasteiger charge is 2.26. The van der Waals surface area contributed by atoms with Crippen LogP contribution in [0.4, 0.5) is 5.95 Å². The van der Waals surface area contributed by atoms with Gasteiger partial charge < -0.3 is 19.8 Å². The van der Waals surface area contributed by atoms with Gasteiger partial charge in [0, 0.05) is 18.1 Å². The summed E-state index contributed by atoms with van der Waals surface area (Å²) in [6, 6.07) is 6.76. The first-order chi connectivity index (χ1) is 12.6. The van der Waals surface area contributed by atoms with Gasteiger partial charge >= 0.3 is 5.63 Å². The van der Waals surface area contributed by atoms with E-state index < -0.39 is 11.5 Å². The molecule has 26 heavy (non-hydrogen) atoms. The van der Waals surface area contributed by atoms with Crippen LogP contribution < -0.4 is 16.1 Å². The number of nitrogen functional groups attached to an aromatic ring is 1. The van der Waals surface area contributed by atoms with Crippen molar-refractivity contribution in [1.82, 2.24) is 14.9 Å². The lowest BCUT2D eigenvalue weighted by Gasteiger charge is -2.27. The Hall–Kier alpha value is -3.42. The number of hydrogen-bond donors (Lipinski definition) is 1. The van der Waals surface area contributed by atoms with Crippen molar-refractivity contribution in [3.8, 4) is 5.75 Å². The van der Waals surface area contributed by atoms with E-state index in [0.717, 1.165) is 5.56 Å². The van der Waals surface area contributed by atoms with Crippen LogP contribution in [0.3, 0.4) is 0 Å². The number of carbonyl (C=O) groups is 1. The molecule has 0 radical (unpaired) electrons. The van der Waals surface area contributed by atoms with Gasteiger partial charge in [0.05, 0.1) is 19.3 Å². The van der Waals surface area contributed by atoms with E-state index in [1.165, 1.54) is 13.2 Å². The first-order valence-electron chi connectivity index (χ1n) is 8.07. The number of hydrogen-bond acceptors (Lipinski definition) is 7. The summed E-state index contributed by atoms with van der Waals surface area (Å²) >= 11 is 0. The largest absolute Gasteiger partial charge is 0.493 e. The molecule has 1 aliphatic rings. The maximum atomic E-state index is 12.9. The molecule has 132 valence electrons. The molecule has 0 aliphatic carbocycles. The van der Waals surface area contributed by atoms with Crippen LogP contribution in [0, 0.1) is 0 Å². The van der Waals surface area contributed by atoms with E-state index in [9.17, 15) is 9.59 Å². The third kappa shape index (κ3) is 2.65. The SMILES string of the molecule is COc1cccc2cc(C(=O)N3CCc4cnc(N)nc4C3)c(=O)oc12. The van der Waals surface area contributed by atoms with Crippen LogP contribution in [0.25, 0.3) is 11.0 Å². The lowest BCUT2D eigenvalue weighted by Crippen LogP contribution is -2.38. The molecular formula is C18H16N4O4. The minimum atomic E-state index is -0.694. The van der Waals surface area contributed by atoms with Gasteiger partial charge in [-0.1, -0.05) is 12.1 Å². The lowest BCUT2D eigenvalue weighted by atomic mass is 10.1. The van der Waals surface area contributed by atoms with Crippen LogP contribution in [0.5, 0.6) is 5.75 Å². The van der Waals surface area contributed by atoms with E-state index in [4.69, 9.17) is 14.9 Å². The van der Waals surface area contributed by atoms with Gasteiger partial charge in [0.15, 0.2) is 11.3 Å². The number of aromatic nitrogens is 2. The first-order valence-corrected chi connectivity index (χ1v) is 8.07. The van der Waals surface area contributed by atoms with Crippen molar-refractivity contribution in [2.75, 3.05) is 19.4 Å². The van der Waals surface area contributed by atoms with Gasteiger partial charge in [0.25, 0.3) is 5.91 Å². The van der Waals surface area contributed by atoms with Crippen LogP contribution in [0.1, 0.15) is 21.6 Å². The van der Waals surface area contributed by atoms with Crippen LogP contribution >= 0.6 is 0 Å². The number of anilines is 1. The number of rotatable bonds is 2. The van der Waals surface area contributed by atoms with Crippen molar-refractivity contribution in [2.24, 2.45) is 0 Å². The van der Waals surface area contributed by atoms with Gasteiger partial charge in [0.1, 0.15) is 5.56 Å². The van der Waals surface area contributed by atoms with Gasteiger partial charge in [0.2, 0.25) is 5.95 Å². The topological polar surface area (TPSA) is 112 Å². The Bertz CT molecular complexity index is 1080. The Morgan fingerprint density at radius 3 is 3.04 bits per heavy atom. The van der Waals surface area contributed by atoms with Crippen LogP contribution in [-0.4, -0.2) is 34.4 Å². The van der Waals surface area contributed by atoms with Gasteiger partial charge in [-0.3, -0.25) is 4.79 Å². The molecule has 0 spiro atoms. The normalized spacial score (nSPS) is 13.5. The molecule has 1 amide bonds. The van der Waals surface area contributed by atoms with E-state index in [-0.39, 0.29) is 18.1 Å². The van der Waals surface area contributed by atoms with Crippen molar-refractivity contribution in [3.05, 3.63) is 57.7 Å². The number of benzene rings is 1. The standard InChI is InChI=1S/C18H16N4O4/c1-25-14-4-2-3-10-7-12(17(24)26-15(10)14)16(23)22-6-5-11-8-20-18(19)21-13(11)9-22/h2-4,7-8H,5-6,9H2,1H3,(H2,19,20,21). The fraction of sp³-hybridized carbons (Fsp3) is 0.222. The summed E-state index contributed by atoms with van der Waals surface area (Å²) in [5, 5.41) is 0.622. The highest BCUT2D eigenvalue weighted by molar-refractivity contribution is 5.97. The fourth-order valence-corrected chi connectivity index (χ4v) is 3.09. The number of nitrogens with zero attached hydrogens (tertiary/aromatic N) is 3. The van der Waals surface area contributed by atoms with Crippen molar-refractivity contribution in [2.45, 2.75) is 13.0 Å². The number of amides is 1. The summed E-state index contributed by atoms with van der Waals surface area (Å²) in [5.74, 6) is 0.208. The smallest absolute Gasteiger partial charge is 0.349 e. The molecule has 1 aromatic carbocycles.